The van der Waals surface area contributed by atoms with Crippen molar-refractivity contribution >= 4 is 27.9 Å². The van der Waals surface area contributed by atoms with Gasteiger partial charge in [-0.15, -0.1) is 0 Å². The molecule has 0 saturated carbocycles. The first kappa shape index (κ1) is 21.3. The van der Waals surface area contributed by atoms with Crippen molar-refractivity contribution in [2.45, 2.75) is 33.1 Å². The van der Waals surface area contributed by atoms with Crippen LogP contribution in [0.3, 0.4) is 0 Å². The predicted molar refractivity (Wildman–Crippen MR) is 134 cm³/mol. The molecule has 1 atom stereocenters. The Morgan fingerprint density at radius 1 is 1.09 bits per heavy atom. The molecule has 2 aromatic carbocycles. The molecule has 0 N–H and O–H groups in total. The third-order valence-corrected chi connectivity index (χ3v) is 7.07. The molecule has 0 fully saturated rings. The van der Waals surface area contributed by atoms with Gasteiger partial charge in [-0.1, -0.05) is 50.3 Å². The second-order valence-electron chi connectivity index (χ2n) is 10.0. The summed E-state index contributed by atoms with van der Waals surface area (Å²) in [6.07, 6.45) is 7.60. The van der Waals surface area contributed by atoms with Crippen LogP contribution in [0.2, 0.25) is 0 Å². The number of benzene rings is 2. The number of hydrogen-bond acceptors (Lipinski definition) is 4. The Labute approximate surface area is 195 Å². The van der Waals surface area contributed by atoms with Crippen LogP contribution in [-0.2, 0) is 0 Å². The summed E-state index contributed by atoms with van der Waals surface area (Å²) in [7, 11) is 4.12. The minimum atomic E-state index is 0.0599. The molecule has 33 heavy (non-hydrogen) atoms. The Kier molecular flexibility index (Phi) is 5.21. The van der Waals surface area contributed by atoms with Crippen LogP contribution in [0.25, 0.3) is 22.2 Å². The maximum atomic E-state index is 10.1. The zero-order valence-electron chi connectivity index (χ0n) is 19.7. The Hall–Kier alpha value is -3.58. The third kappa shape index (κ3) is 3.89. The van der Waals surface area contributed by atoms with E-state index in [1.165, 1.54) is 22.4 Å². The maximum absolute atomic E-state index is 10.1. The van der Waals surface area contributed by atoms with Crippen molar-refractivity contribution in [3.63, 3.8) is 0 Å². The van der Waals surface area contributed by atoms with E-state index in [0.717, 1.165) is 30.4 Å². The number of allylic oxidation sites excluding steroid dienone is 6. The molecule has 3 aromatic rings. The van der Waals surface area contributed by atoms with Crippen molar-refractivity contribution < 1.29 is 4.42 Å². The summed E-state index contributed by atoms with van der Waals surface area (Å²) in [6, 6.07) is 18.8. The van der Waals surface area contributed by atoms with Crippen molar-refractivity contribution in [2.24, 2.45) is 11.3 Å². The van der Waals surface area contributed by atoms with E-state index < -0.39 is 0 Å². The van der Waals surface area contributed by atoms with E-state index in [1.54, 1.807) is 0 Å². The van der Waals surface area contributed by atoms with Crippen molar-refractivity contribution in [1.29, 1.82) is 5.26 Å². The molecule has 1 aromatic heterocycles. The van der Waals surface area contributed by atoms with Gasteiger partial charge in [0, 0.05) is 19.8 Å². The molecule has 1 unspecified atom stereocenters. The molecule has 4 heteroatoms. The standard InChI is InChI=1S/C29H29N3O/c1-29(2)17-22(24(18-30)28-31-26-7-5-6-8-27(26)33-28)16-21-15-20(11-14-25(21)29)19-9-12-23(13-10-19)32(3)4/h5-10,12-13,15-16,25H,11,14,17H2,1-4H3/b24-22-. The fraction of sp³-hybridized carbons (Fsp3) is 0.310. The highest BCUT2D eigenvalue weighted by Gasteiger charge is 2.38. The van der Waals surface area contributed by atoms with E-state index in [9.17, 15) is 5.26 Å². The van der Waals surface area contributed by atoms with Gasteiger partial charge in [0.1, 0.15) is 17.2 Å². The number of nitriles is 1. The van der Waals surface area contributed by atoms with Gasteiger partial charge in [0.2, 0.25) is 5.89 Å². The topological polar surface area (TPSA) is 53.1 Å². The SMILES string of the molecule is CN(C)c1ccc(C2=CC3=C/C(=C(\C#N)c4nc5ccccc5o4)CC(C)(C)C3CC2)cc1. The molecule has 0 bridgehead atoms. The van der Waals surface area contributed by atoms with Gasteiger partial charge in [0.15, 0.2) is 5.58 Å². The normalized spacial score (nSPS) is 21.0. The summed E-state index contributed by atoms with van der Waals surface area (Å²) < 4.78 is 5.96. The summed E-state index contributed by atoms with van der Waals surface area (Å²) in [4.78, 5) is 6.72. The van der Waals surface area contributed by atoms with Gasteiger partial charge < -0.3 is 9.32 Å². The highest BCUT2D eigenvalue weighted by Crippen LogP contribution is 2.50. The first-order chi connectivity index (χ1) is 15.9. The van der Waals surface area contributed by atoms with Gasteiger partial charge in [0.05, 0.1) is 0 Å². The third-order valence-electron chi connectivity index (χ3n) is 7.07. The molecule has 5 rings (SSSR count). The smallest absolute Gasteiger partial charge is 0.238 e. The number of anilines is 1. The summed E-state index contributed by atoms with van der Waals surface area (Å²) >= 11 is 0. The highest BCUT2D eigenvalue weighted by molar-refractivity contribution is 5.83. The number of rotatable bonds is 3. The first-order valence-corrected chi connectivity index (χ1v) is 11.5. The molecular weight excluding hydrogens is 406 g/mol. The Morgan fingerprint density at radius 2 is 1.85 bits per heavy atom. The summed E-state index contributed by atoms with van der Waals surface area (Å²) in [5, 5.41) is 10.1. The summed E-state index contributed by atoms with van der Waals surface area (Å²) in [5.74, 6) is 0.897. The number of nitrogens with zero attached hydrogens (tertiary/aromatic N) is 3. The van der Waals surface area contributed by atoms with Crippen molar-refractivity contribution in [1.82, 2.24) is 4.98 Å². The Bertz CT molecular complexity index is 1310. The largest absolute Gasteiger partial charge is 0.435 e. The van der Waals surface area contributed by atoms with Crippen LogP contribution in [-0.4, -0.2) is 19.1 Å². The van der Waals surface area contributed by atoms with Crippen molar-refractivity contribution in [3.05, 3.63) is 83.3 Å². The second-order valence-corrected chi connectivity index (χ2v) is 10.0. The van der Waals surface area contributed by atoms with Gasteiger partial charge >= 0.3 is 0 Å². The van der Waals surface area contributed by atoms with Crippen LogP contribution < -0.4 is 4.90 Å². The van der Waals surface area contributed by atoms with E-state index in [4.69, 9.17) is 4.42 Å². The minimum Gasteiger partial charge on any atom is -0.435 e. The van der Waals surface area contributed by atoms with E-state index >= 15 is 0 Å². The number of oxazole rings is 1. The van der Waals surface area contributed by atoms with E-state index in [2.05, 4.69) is 80.3 Å². The molecule has 2 aliphatic carbocycles. The molecule has 1 heterocycles. The lowest BCUT2D eigenvalue weighted by molar-refractivity contribution is 0.228. The zero-order chi connectivity index (χ0) is 23.2. The Balaban J connectivity index is 1.58. The van der Waals surface area contributed by atoms with Gasteiger partial charge in [-0.2, -0.15) is 5.26 Å². The molecule has 0 amide bonds. The molecule has 0 aliphatic heterocycles. The number of aromatic nitrogens is 1. The van der Waals surface area contributed by atoms with E-state index in [0.29, 0.717) is 23.0 Å². The summed E-state index contributed by atoms with van der Waals surface area (Å²) in [6.45, 7) is 4.63. The zero-order valence-corrected chi connectivity index (χ0v) is 19.7. The van der Waals surface area contributed by atoms with Crippen LogP contribution in [0, 0.1) is 22.7 Å². The molecular formula is C29H29N3O. The average molecular weight is 436 g/mol. The second kappa shape index (κ2) is 8.08. The predicted octanol–water partition coefficient (Wildman–Crippen LogP) is 7.02. The average Bonchev–Trinajstić information content (AvgIpc) is 3.22. The van der Waals surface area contributed by atoms with E-state index in [1.807, 2.05) is 24.3 Å². The Morgan fingerprint density at radius 3 is 2.55 bits per heavy atom. The van der Waals surface area contributed by atoms with Gasteiger partial charge in [-0.3, -0.25) is 0 Å². The lowest BCUT2D eigenvalue weighted by Crippen LogP contribution is -2.31. The monoisotopic (exact) mass is 435 g/mol. The fourth-order valence-corrected chi connectivity index (χ4v) is 5.29. The molecule has 0 radical (unpaired) electrons. The summed E-state index contributed by atoms with van der Waals surface area (Å²) in [5.41, 5.74) is 8.25. The van der Waals surface area contributed by atoms with Crippen LogP contribution in [0.4, 0.5) is 5.69 Å². The van der Waals surface area contributed by atoms with Gasteiger partial charge in [-0.05, 0) is 77.1 Å². The van der Waals surface area contributed by atoms with E-state index in [-0.39, 0.29) is 5.41 Å². The number of fused-ring (bicyclic) bond motifs is 2. The lowest BCUT2D eigenvalue weighted by Gasteiger charge is -2.42. The van der Waals surface area contributed by atoms with Crippen LogP contribution in [0.15, 0.2) is 76.2 Å². The lowest BCUT2D eigenvalue weighted by atomic mass is 9.62. The van der Waals surface area contributed by atoms with Crippen LogP contribution in [0.1, 0.15) is 44.6 Å². The number of para-hydroxylation sites is 2. The molecule has 166 valence electrons. The molecule has 4 nitrogen and oxygen atoms in total. The molecule has 0 saturated heterocycles. The van der Waals surface area contributed by atoms with Crippen LogP contribution >= 0.6 is 0 Å². The fourth-order valence-electron chi connectivity index (χ4n) is 5.29. The van der Waals surface area contributed by atoms with Crippen molar-refractivity contribution in [3.8, 4) is 6.07 Å². The van der Waals surface area contributed by atoms with Gasteiger partial charge in [-0.25, -0.2) is 4.98 Å². The quantitative estimate of drug-likeness (QED) is 0.415. The van der Waals surface area contributed by atoms with Gasteiger partial charge in [0.25, 0.3) is 0 Å². The first-order valence-electron chi connectivity index (χ1n) is 11.5. The highest BCUT2D eigenvalue weighted by atomic mass is 16.3. The minimum absolute atomic E-state index is 0.0599. The van der Waals surface area contributed by atoms with Crippen molar-refractivity contribution in [2.75, 3.05) is 19.0 Å². The molecule has 2 aliphatic rings. The number of hydrogen-bond donors (Lipinski definition) is 0. The van der Waals surface area contributed by atoms with Crippen LogP contribution in [0.5, 0.6) is 0 Å². The maximum Gasteiger partial charge on any atom is 0.238 e. The molecule has 0 spiro atoms.